The van der Waals surface area contributed by atoms with Crippen molar-refractivity contribution in [2.75, 3.05) is 26.7 Å². The molecular weight excluding hydrogens is 486 g/mol. The van der Waals surface area contributed by atoms with Crippen molar-refractivity contribution in [2.24, 2.45) is 11.8 Å². The third-order valence-electron chi connectivity index (χ3n) is 6.72. The average molecular weight is 513 g/mol. The zero-order valence-corrected chi connectivity index (χ0v) is 20.6. The fourth-order valence-electron chi connectivity index (χ4n) is 4.74. The first kappa shape index (κ1) is 25.9. The van der Waals surface area contributed by atoms with Crippen molar-refractivity contribution in [3.8, 4) is 17.6 Å². The predicted molar refractivity (Wildman–Crippen MR) is 135 cm³/mol. The van der Waals surface area contributed by atoms with Gasteiger partial charge < -0.3 is 9.84 Å². The van der Waals surface area contributed by atoms with Gasteiger partial charge in [-0.3, -0.25) is 14.7 Å². The highest BCUT2D eigenvalue weighted by atomic mass is 35.5. The molecule has 0 aliphatic carbocycles. The second-order valence-corrected chi connectivity index (χ2v) is 9.39. The maximum Gasteiger partial charge on any atom is 0.308 e. The number of methoxy groups -OCH3 is 1. The van der Waals surface area contributed by atoms with Crippen LogP contribution < -0.4 is 4.74 Å². The van der Waals surface area contributed by atoms with Crippen molar-refractivity contribution in [2.45, 2.75) is 25.4 Å². The second kappa shape index (κ2) is 11.7. The highest BCUT2D eigenvalue weighted by molar-refractivity contribution is 6.31. The third-order valence-corrected chi connectivity index (χ3v) is 7.04. The predicted octanol–water partition coefficient (Wildman–Crippen LogP) is 5.90. The molecule has 8 heteroatoms. The summed E-state index contributed by atoms with van der Waals surface area (Å²) in [5, 5.41) is 10.8. The Morgan fingerprint density at radius 1 is 1.31 bits per heavy atom. The molecule has 1 aliphatic rings. The highest BCUT2D eigenvalue weighted by Crippen LogP contribution is 2.35. The van der Waals surface area contributed by atoms with E-state index < -0.39 is 23.9 Å². The van der Waals surface area contributed by atoms with Gasteiger partial charge in [0.25, 0.3) is 0 Å². The number of hydrogen-bond donors (Lipinski definition) is 1. The molecule has 2 heterocycles. The molecule has 1 fully saturated rings. The van der Waals surface area contributed by atoms with E-state index in [1.165, 1.54) is 18.2 Å². The molecular formula is C28H27ClF2N2O3. The summed E-state index contributed by atoms with van der Waals surface area (Å²) in [6, 6.07) is 11.1. The van der Waals surface area contributed by atoms with Crippen molar-refractivity contribution in [1.29, 1.82) is 0 Å². The summed E-state index contributed by atoms with van der Waals surface area (Å²) in [5.41, 5.74) is 1.76. The first-order valence-corrected chi connectivity index (χ1v) is 12.2. The minimum Gasteiger partial charge on any atom is -0.497 e. The molecule has 1 aliphatic heterocycles. The number of carboxylic acid groups (broad SMARTS) is 1. The Hall–Kier alpha value is -3.21. The number of carbonyl (C=O) groups is 1. The van der Waals surface area contributed by atoms with Crippen LogP contribution in [0.2, 0.25) is 5.02 Å². The zero-order chi connectivity index (χ0) is 25.7. The lowest BCUT2D eigenvalue weighted by molar-refractivity contribution is -0.146. The summed E-state index contributed by atoms with van der Waals surface area (Å²) in [6.07, 6.45) is 1.70. The summed E-state index contributed by atoms with van der Waals surface area (Å²) in [7, 11) is 1.56. The summed E-state index contributed by atoms with van der Waals surface area (Å²) in [5.74, 6) is 4.52. The normalized spacial score (nSPS) is 18.9. The number of carboxylic acids is 1. The number of piperidine rings is 1. The lowest BCUT2D eigenvalue weighted by atomic mass is 9.81. The van der Waals surface area contributed by atoms with E-state index >= 15 is 4.39 Å². The van der Waals surface area contributed by atoms with Crippen LogP contribution in [0.15, 0.2) is 48.7 Å². The first-order chi connectivity index (χ1) is 17.4. The molecule has 1 N–H and O–H groups in total. The van der Waals surface area contributed by atoms with Gasteiger partial charge in [-0.25, -0.2) is 8.78 Å². The largest absolute Gasteiger partial charge is 0.497 e. The summed E-state index contributed by atoms with van der Waals surface area (Å²) >= 11 is 6.01. The van der Waals surface area contributed by atoms with Crippen LogP contribution in [0.1, 0.15) is 36.6 Å². The lowest BCUT2D eigenvalue weighted by Gasteiger charge is -2.35. The number of fused-ring (bicyclic) bond motifs is 1. The summed E-state index contributed by atoms with van der Waals surface area (Å²) in [6.45, 7) is 1.39. The van der Waals surface area contributed by atoms with E-state index in [4.69, 9.17) is 16.3 Å². The quantitative estimate of drug-likeness (QED) is 0.399. The van der Waals surface area contributed by atoms with Gasteiger partial charge in [0, 0.05) is 23.7 Å². The summed E-state index contributed by atoms with van der Waals surface area (Å²) < 4.78 is 33.8. The van der Waals surface area contributed by atoms with E-state index in [1.54, 1.807) is 37.6 Å². The number of halogens is 3. The number of aromatic nitrogens is 1. The number of ether oxygens (including phenoxy) is 1. The number of rotatable bonds is 7. The molecule has 188 valence electrons. The average Bonchev–Trinajstić information content (AvgIpc) is 2.88. The van der Waals surface area contributed by atoms with E-state index in [9.17, 15) is 14.3 Å². The van der Waals surface area contributed by atoms with Gasteiger partial charge >= 0.3 is 5.97 Å². The van der Waals surface area contributed by atoms with E-state index in [1.807, 2.05) is 4.90 Å². The van der Waals surface area contributed by atoms with E-state index in [2.05, 4.69) is 16.8 Å². The number of pyridine rings is 1. The standard InChI is InChI=1S/C28H27ClF2N2O3/c1-36-21-7-9-27-23(16-21)22(10-12-32-27)26(31)8-5-18-11-14-33(17-24(18)28(34)35)13-2-3-19-4-6-20(30)15-25(19)29/h4,6-7,9-10,12,15-16,18,24,26H,5,8,11,13-14,17H2,1H3,(H,34,35)/t18-,24+,26+/m1/s1. The van der Waals surface area contributed by atoms with E-state index in [0.29, 0.717) is 60.3 Å². The molecule has 5 nitrogen and oxygen atoms in total. The van der Waals surface area contributed by atoms with Gasteiger partial charge in [0.05, 0.1) is 30.1 Å². The fourth-order valence-corrected chi connectivity index (χ4v) is 4.95. The molecule has 0 saturated carbocycles. The van der Waals surface area contributed by atoms with Crippen LogP contribution in [0.25, 0.3) is 10.9 Å². The maximum absolute atomic E-state index is 15.4. The van der Waals surface area contributed by atoms with Gasteiger partial charge in [-0.15, -0.1) is 0 Å². The number of hydrogen-bond acceptors (Lipinski definition) is 4. The SMILES string of the molecule is COc1ccc2nccc([C@@H](F)CC[C@@H]3CCN(CC#Cc4ccc(F)cc4Cl)C[C@@H]3C(=O)O)c2c1. The molecule has 0 amide bonds. The van der Waals surface area contributed by atoms with Crippen LogP contribution in [0.5, 0.6) is 5.75 Å². The maximum atomic E-state index is 15.4. The molecule has 0 bridgehead atoms. The fraction of sp³-hybridized carbons (Fsp3) is 0.357. The molecule has 0 spiro atoms. The van der Waals surface area contributed by atoms with Crippen LogP contribution in [-0.2, 0) is 4.79 Å². The molecule has 3 aromatic rings. The first-order valence-electron chi connectivity index (χ1n) is 11.8. The molecule has 3 atom stereocenters. The Bertz CT molecular complexity index is 1310. The Kier molecular flexibility index (Phi) is 8.40. The Labute approximate surface area is 214 Å². The van der Waals surface area contributed by atoms with Gasteiger partial charge in [-0.1, -0.05) is 23.4 Å². The second-order valence-electron chi connectivity index (χ2n) is 8.98. The number of alkyl halides is 1. The van der Waals surface area contributed by atoms with E-state index in [0.717, 1.165) is 0 Å². The molecule has 0 radical (unpaired) electrons. The van der Waals surface area contributed by atoms with Crippen LogP contribution in [0.3, 0.4) is 0 Å². The Morgan fingerprint density at radius 2 is 2.14 bits per heavy atom. The van der Waals surface area contributed by atoms with Crippen molar-refractivity contribution < 1.29 is 23.4 Å². The van der Waals surface area contributed by atoms with Crippen molar-refractivity contribution in [3.05, 3.63) is 70.6 Å². The smallest absolute Gasteiger partial charge is 0.308 e. The van der Waals surface area contributed by atoms with Gasteiger partial charge in [-0.2, -0.15) is 0 Å². The molecule has 36 heavy (non-hydrogen) atoms. The van der Waals surface area contributed by atoms with Crippen LogP contribution in [0.4, 0.5) is 8.78 Å². The van der Waals surface area contributed by atoms with Gasteiger partial charge in [0.2, 0.25) is 0 Å². The minimum absolute atomic E-state index is 0.126. The Balaban J connectivity index is 1.38. The molecule has 2 aromatic carbocycles. The summed E-state index contributed by atoms with van der Waals surface area (Å²) in [4.78, 5) is 18.3. The van der Waals surface area contributed by atoms with Crippen molar-refractivity contribution in [3.63, 3.8) is 0 Å². The topological polar surface area (TPSA) is 62.7 Å². The molecule has 1 aromatic heterocycles. The molecule has 0 unspecified atom stereocenters. The van der Waals surface area contributed by atoms with Crippen LogP contribution >= 0.6 is 11.6 Å². The molecule has 4 rings (SSSR count). The third kappa shape index (κ3) is 6.13. The number of aliphatic carboxylic acids is 1. The van der Waals surface area contributed by atoms with Crippen molar-refractivity contribution >= 4 is 28.5 Å². The van der Waals surface area contributed by atoms with Crippen LogP contribution in [-0.4, -0.2) is 47.7 Å². The van der Waals surface area contributed by atoms with Gasteiger partial charge in [-0.05, 0) is 79.8 Å². The lowest BCUT2D eigenvalue weighted by Crippen LogP contribution is -2.44. The van der Waals surface area contributed by atoms with E-state index in [-0.39, 0.29) is 17.4 Å². The van der Waals surface area contributed by atoms with Gasteiger partial charge in [0.1, 0.15) is 17.7 Å². The minimum atomic E-state index is -1.23. The van der Waals surface area contributed by atoms with Crippen LogP contribution in [0, 0.1) is 29.5 Å². The number of likely N-dealkylation sites (tertiary alicyclic amines) is 1. The number of nitrogens with zero attached hydrogens (tertiary/aromatic N) is 2. The molecule has 1 saturated heterocycles. The Morgan fingerprint density at radius 3 is 2.89 bits per heavy atom. The number of benzene rings is 2. The monoisotopic (exact) mass is 512 g/mol. The highest BCUT2D eigenvalue weighted by Gasteiger charge is 2.34. The van der Waals surface area contributed by atoms with Crippen molar-refractivity contribution in [1.82, 2.24) is 9.88 Å². The van der Waals surface area contributed by atoms with Gasteiger partial charge in [0.15, 0.2) is 0 Å². The zero-order valence-electron chi connectivity index (χ0n) is 19.9.